The molecule has 0 heterocycles. The van der Waals surface area contributed by atoms with E-state index in [0.29, 0.717) is 0 Å². The van der Waals surface area contributed by atoms with Gasteiger partial charge in [0.05, 0.1) is 22.2 Å². The van der Waals surface area contributed by atoms with Crippen LogP contribution in [0, 0.1) is 0 Å². The maximum atomic E-state index is 12.4. The molecular formula is C22H19Cl2N3O4. The fourth-order valence-electron chi connectivity index (χ4n) is 3.02. The van der Waals surface area contributed by atoms with Gasteiger partial charge >= 0.3 is 12.0 Å². The number of carbonyl (C=O) groups is 3. The largest absolute Gasteiger partial charge is 0.480 e. The molecule has 0 aliphatic rings. The first-order chi connectivity index (χ1) is 14.9. The summed E-state index contributed by atoms with van der Waals surface area (Å²) in [6.07, 6.45) is 0. The first kappa shape index (κ1) is 22.4. The second-order valence-corrected chi connectivity index (χ2v) is 7.48. The number of aliphatic carboxylic acids is 1. The van der Waals surface area contributed by atoms with Crippen molar-refractivity contribution in [1.82, 2.24) is 16.0 Å². The van der Waals surface area contributed by atoms with Crippen LogP contribution in [0.3, 0.4) is 0 Å². The molecule has 0 bridgehead atoms. The number of carbonyl (C=O) groups excluding carboxylic acids is 2. The fourth-order valence-corrected chi connectivity index (χ4v) is 3.59. The Kier molecular flexibility index (Phi) is 7.33. The minimum Gasteiger partial charge on any atom is -0.480 e. The lowest BCUT2D eigenvalue weighted by Gasteiger charge is -2.17. The van der Waals surface area contributed by atoms with Gasteiger partial charge in [0.1, 0.15) is 6.04 Å². The van der Waals surface area contributed by atoms with Crippen LogP contribution >= 0.6 is 23.2 Å². The van der Waals surface area contributed by atoms with Crippen LogP contribution < -0.4 is 16.0 Å². The second kappa shape index (κ2) is 10.1. The number of hydrogen-bond donors (Lipinski definition) is 4. The summed E-state index contributed by atoms with van der Waals surface area (Å²) in [4.78, 5) is 36.1. The highest BCUT2D eigenvalue weighted by Crippen LogP contribution is 2.24. The molecule has 7 nitrogen and oxygen atoms in total. The van der Waals surface area contributed by atoms with E-state index in [1.54, 1.807) is 6.07 Å². The van der Waals surface area contributed by atoms with E-state index < -0.39 is 23.9 Å². The molecule has 9 heteroatoms. The summed E-state index contributed by atoms with van der Waals surface area (Å²) in [5.41, 5.74) is 0.891. The molecule has 3 aromatic carbocycles. The lowest BCUT2D eigenvalue weighted by atomic mass is 10.0. The normalized spacial score (nSPS) is 11.5. The van der Waals surface area contributed by atoms with E-state index in [9.17, 15) is 19.5 Å². The van der Waals surface area contributed by atoms with Crippen molar-refractivity contribution >= 4 is 51.9 Å². The number of hydrogen-bond acceptors (Lipinski definition) is 3. The molecule has 3 rings (SSSR count). The van der Waals surface area contributed by atoms with Crippen LogP contribution in [0.5, 0.6) is 0 Å². The number of carboxylic acids is 1. The molecule has 0 spiro atoms. The number of carboxylic acid groups (broad SMARTS) is 1. The van der Waals surface area contributed by atoms with Crippen molar-refractivity contribution in [3.8, 4) is 0 Å². The Hall–Kier alpha value is -3.29. The third-order valence-corrected chi connectivity index (χ3v) is 5.21. The first-order valence-electron chi connectivity index (χ1n) is 9.33. The summed E-state index contributed by atoms with van der Waals surface area (Å²) in [5.74, 6) is -2.06. The van der Waals surface area contributed by atoms with Gasteiger partial charge in [0, 0.05) is 6.54 Å². The monoisotopic (exact) mass is 459 g/mol. The molecule has 31 heavy (non-hydrogen) atoms. The molecule has 0 radical (unpaired) electrons. The summed E-state index contributed by atoms with van der Waals surface area (Å²) in [6, 6.07) is 16.1. The Morgan fingerprint density at radius 1 is 0.871 bits per heavy atom. The van der Waals surface area contributed by atoms with E-state index in [4.69, 9.17) is 23.2 Å². The lowest BCUT2D eigenvalue weighted by molar-refractivity contribution is -0.139. The smallest absolute Gasteiger partial charge is 0.328 e. The van der Waals surface area contributed by atoms with Gasteiger partial charge in [-0.05, 0) is 28.5 Å². The summed E-state index contributed by atoms with van der Waals surface area (Å²) in [7, 11) is 0. The number of benzene rings is 3. The molecule has 0 fully saturated rings. The van der Waals surface area contributed by atoms with Gasteiger partial charge in [-0.25, -0.2) is 9.59 Å². The number of urea groups is 1. The average Bonchev–Trinajstić information content (AvgIpc) is 2.74. The number of halogens is 2. The summed E-state index contributed by atoms with van der Waals surface area (Å²) < 4.78 is 0. The van der Waals surface area contributed by atoms with Gasteiger partial charge in [-0.15, -0.1) is 0 Å². The van der Waals surface area contributed by atoms with Crippen molar-refractivity contribution in [3.63, 3.8) is 0 Å². The molecular weight excluding hydrogens is 441 g/mol. The van der Waals surface area contributed by atoms with Gasteiger partial charge in [-0.1, -0.05) is 71.7 Å². The average molecular weight is 460 g/mol. The molecule has 0 aliphatic heterocycles. The van der Waals surface area contributed by atoms with Crippen molar-refractivity contribution in [2.75, 3.05) is 6.54 Å². The van der Waals surface area contributed by atoms with Crippen LogP contribution in [0.15, 0.2) is 60.7 Å². The molecule has 0 aromatic heterocycles. The molecule has 0 aliphatic carbocycles. The standard InChI is InChI=1S/C22H19Cl2N3O4/c23-16-9-4-10-17(24)19(16)20(28)27-18(21(29)30)12-26-22(31)25-11-14-7-3-6-13-5-1-2-8-15(13)14/h1-10,18H,11-12H2,(H,27,28)(H,29,30)(H2,25,26,31)/t18-/m0/s1. The van der Waals surface area contributed by atoms with Gasteiger partial charge in [-0.2, -0.15) is 0 Å². The molecule has 3 aromatic rings. The highest BCUT2D eigenvalue weighted by Gasteiger charge is 2.24. The molecule has 3 amide bonds. The van der Waals surface area contributed by atoms with Crippen molar-refractivity contribution in [1.29, 1.82) is 0 Å². The van der Waals surface area contributed by atoms with Gasteiger partial charge < -0.3 is 21.1 Å². The molecule has 0 saturated heterocycles. The van der Waals surface area contributed by atoms with E-state index in [1.807, 2.05) is 42.5 Å². The van der Waals surface area contributed by atoms with E-state index in [1.165, 1.54) is 12.1 Å². The molecule has 1 atom stereocenters. The zero-order valence-corrected chi connectivity index (χ0v) is 17.7. The van der Waals surface area contributed by atoms with Crippen LogP contribution in [0.1, 0.15) is 15.9 Å². The van der Waals surface area contributed by atoms with Crippen molar-refractivity contribution in [2.24, 2.45) is 0 Å². The topological polar surface area (TPSA) is 108 Å². The van der Waals surface area contributed by atoms with E-state index >= 15 is 0 Å². The minimum absolute atomic E-state index is 0.0301. The zero-order valence-electron chi connectivity index (χ0n) is 16.2. The zero-order chi connectivity index (χ0) is 22.4. The van der Waals surface area contributed by atoms with Crippen LogP contribution in [0.2, 0.25) is 10.0 Å². The lowest BCUT2D eigenvalue weighted by Crippen LogP contribution is -2.50. The van der Waals surface area contributed by atoms with E-state index in [-0.39, 0.29) is 28.7 Å². The highest BCUT2D eigenvalue weighted by molar-refractivity contribution is 6.39. The SMILES string of the molecule is O=C(NCc1cccc2ccccc12)NC[C@H](NC(=O)c1c(Cl)cccc1Cl)C(=O)O. The van der Waals surface area contributed by atoms with E-state index in [2.05, 4.69) is 16.0 Å². The number of nitrogens with one attached hydrogen (secondary N) is 3. The predicted molar refractivity (Wildman–Crippen MR) is 120 cm³/mol. The Labute approximate surface area is 188 Å². The maximum Gasteiger partial charge on any atom is 0.328 e. The third-order valence-electron chi connectivity index (χ3n) is 4.58. The minimum atomic E-state index is -1.37. The molecule has 0 saturated carbocycles. The van der Waals surface area contributed by atoms with Crippen LogP contribution in [-0.4, -0.2) is 35.6 Å². The Morgan fingerprint density at radius 3 is 2.23 bits per heavy atom. The van der Waals surface area contributed by atoms with Crippen molar-refractivity contribution in [2.45, 2.75) is 12.6 Å². The Balaban J connectivity index is 1.58. The Bertz CT molecular complexity index is 1110. The molecule has 160 valence electrons. The number of fused-ring (bicyclic) bond motifs is 1. The first-order valence-corrected chi connectivity index (χ1v) is 10.1. The summed E-state index contributed by atoms with van der Waals surface area (Å²) in [6.45, 7) is -0.0724. The van der Waals surface area contributed by atoms with Gasteiger partial charge in [0.25, 0.3) is 5.91 Å². The van der Waals surface area contributed by atoms with Gasteiger partial charge in [0.2, 0.25) is 0 Å². The fraction of sp³-hybridized carbons (Fsp3) is 0.136. The van der Waals surface area contributed by atoms with Crippen LogP contribution in [-0.2, 0) is 11.3 Å². The molecule has 0 unspecified atom stereocenters. The number of rotatable bonds is 7. The second-order valence-electron chi connectivity index (χ2n) is 6.66. The van der Waals surface area contributed by atoms with Gasteiger partial charge in [0.15, 0.2) is 0 Å². The predicted octanol–water partition coefficient (Wildman–Crippen LogP) is 3.83. The molecule has 4 N–H and O–H groups in total. The van der Waals surface area contributed by atoms with Gasteiger partial charge in [-0.3, -0.25) is 4.79 Å². The quantitative estimate of drug-likeness (QED) is 0.430. The van der Waals surface area contributed by atoms with Crippen LogP contribution in [0.25, 0.3) is 10.8 Å². The van der Waals surface area contributed by atoms with Crippen molar-refractivity contribution in [3.05, 3.63) is 81.8 Å². The van der Waals surface area contributed by atoms with Crippen molar-refractivity contribution < 1.29 is 19.5 Å². The Morgan fingerprint density at radius 2 is 1.52 bits per heavy atom. The van der Waals surface area contributed by atoms with Crippen LogP contribution in [0.4, 0.5) is 4.79 Å². The number of amides is 3. The summed E-state index contributed by atoms with van der Waals surface area (Å²) >= 11 is 12.0. The van der Waals surface area contributed by atoms with E-state index in [0.717, 1.165) is 16.3 Å². The third kappa shape index (κ3) is 5.65. The highest BCUT2D eigenvalue weighted by atomic mass is 35.5. The maximum absolute atomic E-state index is 12.4. The summed E-state index contributed by atoms with van der Waals surface area (Å²) in [5, 5.41) is 19.1.